The molecule has 0 radical (unpaired) electrons. The molecule has 1 atom stereocenters. The number of nitrogens with one attached hydrogen (secondary N) is 1. The smallest absolute Gasteiger partial charge is 0.249 e. The van der Waals surface area contributed by atoms with Crippen LogP contribution in [0, 0.1) is 6.92 Å². The first-order valence-electron chi connectivity index (χ1n) is 8.78. The van der Waals surface area contributed by atoms with Crippen LogP contribution in [0.1, 0.15) is 23.1 Å². The van der Waals surface area contributed by atoms with Crippen LogP contribution in [0.25, 0.3) is 11.5 Å². The Labute approximate surface area is 176 Å². The number of halogens is 2. The number of benzene rings is 3. The second-order valence-corrected chi connectivity index (χ2v) is 7.64. The van der Waals surface area contributed by atoms with Crippen LogP contribution in [0.4, 0.5) is 5.69 Å². The SMILES string of the molecule is Cc1cc(N[C@@H](c2ccccc2)c2nnc(-c3ccccc3Cl)o2)ccc1Br. The van der Waals surface area contributed by atoms with Gasteiger partial charge in [-0.2, -0.15) is 0 Å². The average molecular weight is 455 g/mol. The minimum atomic E-state index is -0.287. The maximum Gasteiger partial charge on any atom is 0.249 e. The lowest BCUT2D eigenvalue weighted by Crippen LogP contribution is -2.13. The summed E-state index contributed by atoms with van der Waals surface area (Å²) in [5.74, 6) is 0.872. The highest BCUT2D eigenvalue weighted by Gasteiger charge is 2.22. The third-order valence-corrected chi connectivity index (χ3v) is 5.61. The molecule has 0 aliphatic carbocycles. The lowest BCUT2D eigenvalue weighted by molar-refractivity contribution is 0.494. The third kappa shape index (κ3) is 3.96. The number of rotatable bonds is 5. The van der Waals surface area contributed by atoms with Gasteiger partial charge in [-0.25, -0.2) is 0 Å². The first-order chi connectivity index (χ1) is 13.6. The molecule has 28 heavy (non-hydrogen) atoms. The van der Waals surface area contributed by atoms with Gasteiger partial charge in [0.15, 0.2) is 0 Å². The molecular weight excluding hydrogens is 438 g/mol. The standard InChI is InChI=1S/C22H17BrClN3O/c1-14-13-16(11-12-18(14)23)25-20(15-7-3-2-4-8-15)22-27-26-21(28-22)17-9-5-6-10-19(17)24/h2-13,20,25H,1H3/t20-/m0/s1. The predicted octanol–water partition coefficient (Wildman–Crippen LogP) is 6.66. The van der Waals surface area contributed by atoms with E-state index in [-0.39, 0.29) is 6.04 Å². The van der Waals surface area contributed by atoms with E-state index in [1.54, 1.807) is 6.07 Å². The highest BCUT2D eigenvalue weighted by molar-refractivity contribution is 9.10. The van der Waals surface area contributed by atoms with Crippen molar-refractivity contribution in [3.63, 3.8) is 0 Å². The van der Waals surface area contributed by atoms with E-state index in [2.05, 4.69) is 44.4 Å². The quantitative estimate of drug-likeness (QED) is 0.366. The average Bonchev–Trinajstić information content (AvgIpc) is 3.19. The zero-order valence-electron chi connectivity index (χ0n) is 15.1. The molecule has 0 aliphatic rings. The molecule has 4 rings (SSSR count). The Morgan fingerprint density at radius 2 is 1.71 bits per heavy atom. The molecule has 4 aromatic rings. The molecule has 0 spiro atoms. The van der Waals surface area contributed by atoms with Crippen LogP contribution in [0.15, 0.2) is 81.7 Å². The number of anilines is 1. The molecule has 0 bridgehead atoms. The van der Waals surface area contributed by atoms with Gasteiger partial charge in [0.2, 0.25) is 11.8 Å². The van der Waals surface area contributed by atoms with Crippen LogP contribution in [-0.2, 0) is 0 Å². The van der Waals surface area contributed by atoms with Crippen molar-refractivity contribution in [2.24, 2.45) is 0 Å². The van der Waals surface area contributed by atoms with Gasteiger partial charge in [0.05, 0.1) is 10.6 Å². The second kappa shape index (κ2) is 8.17. The minimum absolute atomic E-state index is 0.287. The molecule has 0 saturated carbocycles. The molecule has 3 aromatic carbocycles. The first-order valence-corrected chi connectivity index (χ1v) is 9.95. The van der Waals surface area contributed by atoms with Crippen molar-refractivity contribution < 1.29 is 4.42 Å². The van der Waals surface area contributed by atoms with Crippen LogP contribution >= 0.6 is 27.5 Å². The number of hydrogen-bond acceptors (Lipinski definition) is 4. The molecule has 0 aliphatic heterocycles. The van der Waals surface area contributed by atoms with Gasteiger partial charge < -0.3 is 9.73 Å². The van der Waals surface area contributed by atoms with Gasteiger partial charge in [0.1, 0.15) is 6.04 Å². The van der Waals surface area contributed by atoms with Crippen molar-refractivity contribution in [1.82, 2.24) is 10.2 Å². The lowest BCUT2D eigenvalue weighted by Gasteiger charge is -2.17. The lowest BCUT2D eigenvalue weighted by atomic mass is 10.1. The van der Waals surface area contributed by atoms with Crippen LogP contribution < -0.4 is 5.32 Å². The van der Waals surface area contributed by atoms with Crippen LogP contribution in [0.2, 0.25) is 5.02 Å². The fourth-order valence-electron chi connectivity index (χ4n) is 2.93. The molecule has 6 heteroatoms. The van der Waals surface area contributed by atoms with Crippen molar-refractivity contribution in [1.29, 1.82) is 0 Å². The number of aryl methyl sites for hydroxylation is 1. The van der Waals surface area contributed by atoms with E-state index in [9.17, 15) is 0 Å². The molecule has 0 unspecified atom stereocenters. The number of hydrogen-bond donors (Lipinski definition) is 1. The monoisotopic (exact) mass is 453 g/mol. The van der Waals surface area contributed by atoms with E-state index in [4.69, 9.17) is 16.0 Å². The van der Waals surface area contributed by atoms with Gasteiger partial charge in [0, 0.05) is 10.2 Å². The summed E-state index contributed by atoms with van der Waals surface area (Å²) in [5.41, 5.74) is 3.85. The summed E-state index contributed by atoms with van der Waals surface area (Å²) in [6, 6.07) is 23.3. The Kier molecular flexibility index (Phi) is 5.46. The van der Waals surface area contributed by atoms with Crippen molar-refractivity contribution in [2.75, 3.05) is 5.32 Å². The Morgan fingerprint density at radius 1 is 0.964 bits per heavy atom. The molecular formula is C22H17BrClN3O. The predicted molar refractivity (Wildman–Crippen MR) is 116 cm³/mol. The zero-order valence-corrected chi connectivity index (χ0v) is 17.4. The van der Waals surface area contributed by atoms with Crippen molar-refractivity contribution in [2.45, 2.75) is 13.0 Å². The van der Waals surface area contributed by atoms with Crippen LogP contribution in [-0.4, -0.2) is 10.2 Å². The zero-order chi connectivity index (χ0) is 19.5. The van der Waals surface area contributed by atoms with Crippen molar-refractivity contribution in [3.8, 4) is 11.5 Å². The molecule has 140 valence electrons. The fraction of sp³-hybridized carbons (Fsp3) is 0.0909. The van der Waals surface area contributed by atoms with E-state index < -0.39 is 0 Å². The summed E-state index contributed by atoms with van der Waals surface area (Å²) in [6.07, 6.45) is 0. The summed E-state index contributed by atoms with van der Waals surface area (Å²) >= 11 is 9.82. The molecule has 4 nitrogen and oxygen atoms in total. The van der Waals surface area contributed by atoms with E-state index >= 15 is 0 Å². The molecule has 0 fully saturated rings. The first kappa shape index (κ1) is 18.7. The maximum atomic E-state index is 6.28. The van der Waals surface area contributed by atoms with Crippen molar-refractivity contribution in [3.05, 3.63) is 99.3 Å². The number of aromatic nitrogens is 2. The molecule has 1 heterocycles. The van der Waals surface area contributed by atoms with Crippen LogP contribution in [0.3, 0.4) is 0 Å². The van der Waals surface area contributed by atoms with E-state index in [1.165, 1.54) is 0 Å². The van der Waals surface area contributed by atoms with Crippen LogP contribution in [0.5, 0.6) is 0 Å². The number of nitrogens with zero attached hydrogens (tertiary/aromatic N) is 2. The molecule has 1 aromatic heterocycles. The summed E-state index contributed by atoms with van der Waals surface area (Å²) < 4.78 is 7.08. The normalized spacial score (nSPS) is 12.0. The Hall–Kier alpha value is -2.63. The highest BCUT2D eigenvalue weighted by atomic mass is 79.9. The van der Waals surface area contributed by atoms with Gasteiger partial charge in [-0.15, -0.1) is 10.2 Å². The molecule has 0 saturated heterocycles. The summed E-state index contributed by atoms with van der Waals surface area (Å²) in [7, 11) is 0. The topological polar surface area (TPSA) is 51.0 Å². The Morgan fingerprint density at radius 3 is 2.46 bits per heavy atom. The summed E-state index contributed by atoms with van der Waals surface area (Å²) in [4.78, 5) is 0. The molecule has 0 amide bonds. The van der Waals surface area contributed by atoms with Gasteiger partial charge in [-0.3, -0.25) is 0 Å². The third-order valence-electron chi connectivity index (χ3n) is 4.39. The van der Waals surface area contributed by atoms with Gasteiger partial charge in [-0.1, -0.05) is 70.0 Å². The maximum absolute atomic E-state index is 6.28. The van der Waals surface area contributed by atoms with Gasteiger partial charge >= 0.3 is 0 Å². The summed E-state index contributed by atoms with van der Waals surface area (Å²) in [5, 5.41) is 12.6. The van der Waals surface area contributed by atoms with Gasteiger partial charge in [0.25, 0.3) is 0 Å². The van der Waals surface area contributed by atoms with E-state index in [0.717, 1.165) is 21.3 Å². The van der Waals surface area contributed by atoms with Crippen molar-refractivity contribution >= 4 is 33.2 Å². The summed E-state index contributed by atoms with van der Waals surface area (Å²) in [6.45, 7) is 2.05. The van der Waals surface area contributed by atoms with E-state index in [0.29, 0.717) is 22.4 Å². The van der Waals surface area contributed by atoms with E-state index in [1.807, 2.05) is 60.7 Å². The Bertz CT molecular complexity index is 1100. The molecule has 1 N–H and O–H groups in total. The minimum Gasteiger partial charge on any atom is -0.418 e. The fourth-order valence-corrected chi connectivity index (χ4v) is 3.39. The largest absolute Gasteiger partial charge is 0.418 e. The van der Waals surface area contributed by atoms with Gasteiger partial charge in [-0.05, 0) is 48.4 Å². The second-order valence-electron chi connectivity index (χ2n) is 6.38. The Balaban J connectivity index is 1.72. The highest BCUT2D eigenvalue weighted by Crippen LogP contribution is 2.31.